The van der Waals surface area contributed by atoms with Crippen LogP contribution in [-0.4, -0.2) is 20.4 Å². The van der Waals surface area contributed by atoms with Crippen molar-refractivity contribution in [3.8, 4) is 0 Å². The van der Waals surface area contributed by atoms with E-state index in [-0.39, 0.29) is 4.90 Å². The third kappa shape index (κ3) is 4.66. The molecule has 0 saturated carbocycles. The molecule has 2 aromatic rings. The van der Waals surface area contributed by atoms with Crippen LogP contribution in [0.1, 0.15) is 18.1 Å². The van der Waals surface area contributed by atoms with Gasteiger partial charge in [0.05, 0.1) is 10.9 Å². The lowest BCUT2D eigenvalue weighted by Crippen LogP contribution is -2.41. The molecule has 1 atom stereocenters. The number of nitrogens with one attached hydrogen (secondary N) is 2. The first-order chi connectivity index (χ1) is 11.2. The van der Waals surface area contributed by atoms with E-state index >= 15 is 0 Å². The van der Waals surface area contributed by atoms with Gasteiger partial charge in [-0.05, 0) is 62.2 Å². The number of rotatable bonds is 5. The summed E-state index contributed by atoms with van der Waals surface area (Å²) in [7, 11) is -3.76. The van der Waals surface area contributed by atoms with Gasteiger partial charge in [0.25, 0.3) is 0 Å². The number of benzene rings is 2. The molecule has 0 bridgehead atoms. The summed E-state index contributed by atoms with van der Waals surface area (Å²) in [5.74, 6) is -0.413. The van der Waals surface area contributed by atoms with Gasteiger partial charge in [0, 0.05) is 10.2 Å². The summed E-state index contributed by atoms with van der Waals surface area (Å²) in [6, 6.07) is 11.0. The van der Waals surface area contributed by atoms with E-state index in [2.05, 4.69) is 26.0 Å². The average Bonchev–Trinajstić information content (AvgIpc) is 2.51. The first-order valence-electron chi connectivity index (χ1n) is 7.35. The molecule has 7 heteroatoms. The van der Waals surface area contributed by atoms with E-state index in [4.69, 9.17) is 0 Å². The predicted octanol–water partition coefficient (Wildman–Crippen LogP) is 3.37. The van der Waals surface area contributed by atoms with Crippen LogP contribution in [0, 0.1) is 13.8 Å². The summed E-state index contributed by atoms with van der Waals surface area (Å²) in [6.07, 6.45) is 0. The molecule has 0 aliphatic rings. The molecule has 0 aliphatic carbocycles. The average molecular weight is 411 g/mol. The van der Waals surface area contributed by atoms with Crippen molar-refractivity contribution in [2.45, 2.75) is 31.7 Å². The molecule has 0 saturated heterocycles. The fourth-order valence-electron chi connectivity index (χ4n) is 2.08. The van der Waals surface area contributed by atoms with Gasteiger partial charge in [-0.1, -0.05) is 28.1 Å². The van der Waals surface area contributed by atoms with Crippen molar-refractivity contribution in [3.05, 3.63) is 58.1 Å². The van der Waals surface area contributed by atoms with Gasteiger partial charge in [-0.3, -0.25) is 4.79 Å². The van der Waals surface area contributed by atoms with E-state index in [0.29, 0.717) is 5.69 Å². The molecule has 0 fully saturated rings. The van der Waals surface area contributed by atoms with Crippen molar-refractivity contribution in [2.75, 3.05) is 5.32 Å². The Morgan fingerprint density at radius 1 is 1.08 bits per heavy atom. The lowest BCUT2D eigenvalue weighted by Gasteiger charge is -2.16. The van der Waals surface area contributed by atoms with Crippen LogP contribution in [0.3, 0.4) is 0 Å². The van der Waals surface area contributed by atoms with Crippen molar-refractivity contribution in [3.63, 3.8) is 0 Å². The van der Waals surface area contributed by atoms with Gasteiger partial charge < -0.3 is 5.32 Å². The molecule has 2 N–H and O–H groups in total. The number of sulfonamides is 1. The van der Waals surface area contributed by atoms with Crippen LogP contribution in [-0.2, 0) is 14.8 Å². The van der Waals surface area contributed by atoms with Gasteiger partial charge in [-0.2, -0.15) is 4.72 Å². The number of carbonyl (C=O) groups is 1. The van der Waals surface area contributed by atoms with E-state index in [1.807, 2.05) is 32.0 Å². The van der Waals surface area contributed by atoms with Crippen LogP contribution in [0.2, 0.25) is 0 Å². The minimum Gasteiger partial charge on any atom is -0.324 e. The van der Waals surface area contributed by atoms with Crippen LogP contribution in [0.5, 0.6) is 0 Å². The Hall–Kier alpha value is -1.70. The van der Waals surface area contributed by atoms with E-state index in [9.17, 15) is 13.2 Å². The summed E-state index contributed by atoms with van der Waals surface area (Å²) in [4.78, 5) is 12.4. The fourth-order valence-corrected chi connectivity index (χ4v) is 3.55. The highest BCUT2D eigenvalue weighted by Crippen LogP contribution is 2.17. The summed E-state index contributed by atoms with van der Waals surface area (Å²) in [6.45, 7) is 5.32. The molecule has 5 nitrogen and oxygen atoms in total. The van der Waals surface area contributed by atoms with E-state index in [1.54, 1.807) is 12.1 Å². The number of anilines is 1. The smallest absolute Gasteiger partial charge is 0.242 e. The lowest BCUT2D eigenvalue weighted by atomic mass is 10.1. The molecule has 1 amide bonds. The number of hydrogen-bond acceptors (Lipinski definition) is 3. The number of carbonyl (C=O) groups excluding carboxylic acids is 1. The highest BCUT2D eigenvalue weighted by atomic mass is 79.9. The minimum absolute atomic E-state index is 0.108. The van der Waals surface area contributed by atoms with Crippen LogP contribution < -0.4 is 10.0 Å². The summed E-state index contributed by atoms with van der Waals surface area (Å²) in [5, 5.41) is 2.76. The van der Waals surface area contributed by atoms with Gasteiger partial charge in [0.1, 0.15) is 0 Å². The van der Waals surface area contributed by atoms with E-state index in [1.165, 1.54) is 19.1 Å². The maximum absolute atomic E-state index is 12.3. The quantitative estimate of drug-likeness (QED) is 0.792. The molecule has 0 heterocycles. The normalized spacial score (nSPS) is 12.7. The van der Waals surface area contributed by atoms with Crippen molar-refractivity contribution in [1.29, 1.82) is 0 Å². The molecule has 128 valence electrons. The maximum atomic E-state index is 12.3. The van der Waals surface area contributed by atoms with Gasteiger partial charge in [-0.15, -0.1) is 0 Å². The van der Waals surface area contributed by atoms with Crippen LogP contribution in [0.15, 0.2) is 51.8 Å². The standard InChI is InChI=1S/C17H19BrN2O3S/c1-11-4-5-12(2)16(10-11)19-17(21)13(3)20-24(22,23)15-8-6-14(18)7-9-15/h4-10,13,20H,1-3H3,(H,19,21)/t13-/m0/s1. The van der Waals surface area contributed by atoms with E-state index in [0.717, 1.165) is 15.6 Å². The molecular weight excluding hydrogens is 392 g/mol. The second-order valence-electron chi connectivity index (χ2n) is 5.60. The van der Waals surface area contributed by atoms with Crippen molar-refractivity contribution in [1.82, 2.24) is 4.72 Å². The third-order valence-corrected chi connectivity index (χ3v) is 5.59. The number of hydrogen-bond donors (Lipinski definition) is 2. The molecule has 0 aromatic heterocycles. The minimum atomic E-state index is -3.76. The highest BCUT2D eigenvalue weighted by Gasteiger charge is 2.22. The van der Waals surface area contributed by atoms with Crippen molar-refractivity contribution in [2.24, 2.45) is 0 Å². The Bertz CT molecular complexity index is 849. The van der Waals surface area contributed by atoms with Crippen molar-refractivity contribution < 1.29 is 13.2 Å². The molecular formula is C17H19BrN2O3S. The Morgan fingerprint density at radius 2 is 1.71 bits per heavy atom. The zero-order valence-electron chi connectivity index (χ0n) is 13.6. The topological polar surface area (TPSA) is 75.3 Å². The summed E-state index contributed by atoms with van der Waals surface area (Å²) < 4.78 is 27.8. The molecule has 2 aromatic carbocycles. The first kappa shape index (κ1) is 18.6. The van der Waals surface area contributed by atoms with Crippen molar-refractivity contribution >= 4 is 37.5 Å². The Labute approximate surface area is 150 Å². The molecule has 24 heavy (non-hydrogen) atoms. The zero-order chi connectivity index (χ0) is 17.9. The molecule has 0 aliphatic heterocycles. The van der Waals surface area contributed by atoms with Gasteiger partial charge in [0.2, 0.25) is 15.9 Å². The Kier molecular flexibility index (Phi) is 5.79. The van der Waals surface area contributed by atoms with E-state index < -0.39 is 22.0 Å². The van der Waals surface area contributed by atoms with Gasteiger partial charge in [-0.25, -0.2) is 8.42 Å². The third-order valence-electron chi connectivity index (χ3n) is 3.50. The highest BCUT2D eigenvalue weighted by molar-refractivity contribution is 9.10. The maximum Gasteiger partial charge on any atom is 0.242 e. The molecule has 2 rings (SSSR count). The number of halogens is 1. The second-order valence-corrected chi connectivity index (χ2v) is 8.23. The lowest BCUT2D eigenvalue weighted by molar-refractivity contribution is -0.117. The first-order valence-corrected chi connectivity index (χ1v) is 9.62. The fraction of sp³-hybridized carbons (Fsp3) is 0.235. The number of aryl methyl sites for hydroxylation is 2. The number of amides is 1. The Balaban J connectivity index is 2.10. The predicted molar refractivity (Wildman–Crippen MR) is 98.5 cm³/mol. The molecule has 0 unspecified atom stereocenters. The SMILES string of the molecule is Cc1ccc(C)c(NC(=O)[C@H](C)NS(=O)(=O)c2ccc(Br)cc2)c1. The Morgan fingerprint density at radius 3 is 2.33 bits per heavy atom. The molecule has 0 spiro atoms. The zero-order valence-corrected chi connectivity index (χ0v) is 16.0. The largest absolute Gasteiger partial charge is 0.324 e. The summed E-state index contributed by atoms with van der Waals surface area (Å²) in [5.41, 5.74) is 2.60. The van der Waals surface area contributed by atoms with Gasteiger partial charge >= 0.3 is 0 Å². The van der Waals surface area contributed by atoms with Gasteiger partial charge in [0.15, 0.2) is 0 Å². The monoisotopic (exact) mass is 410 g/mol. The van der Waals surface area contributed by atoms with Crippen LogP contribution in [0.25, 0.3) is 0 Å². The van der Waals surface area contributed by atoms with Crippen LogP contribution in [0.4, 0.5) is 5.69 Å². The summed E-state index contributed by atoms with van der Waals surface area (Å²) >= 11 is 3.26. The molecule has 0 radical (unpaired) electrons. The second kappa shape index (κ2) is 7.46. The van der Waals surface area contributed by atoms with Crippen LogP contribution >= 0.6 is 15.9 Å².